The largest absolute Gasteiger partial charge is 0.465 e. The Kier molecular flexibility index (Phi) is 3.30. The minimum atomic E-state index is -3.29. The second-order valence-electron chi connectivity index (χ2n) is 4.47. The third-order valence-electron chi connectivity index (χ3n) is 2.88. The van der Waals surface area contributed by atoms with Crippen LogP contribution in [0.1, 0.15) is 17.3 Å². The third kappa shape index (κ3) is 2.33. The fourth-order valence-electron chi connectivity index (χ4n) is 1.99. The van der Waals surface area contributed by atoms with Crippen LogP contribution >= 0.6 is 0 Å². The number of hydrogen-bond acceptors (Lipinski definition) is 5. The first-order valence-electron chi connectivity index (χ1n) is 5.63. The van der Waals surface area contributed by atoms with Crippen LogP contribution in [0.5, 0.6) is 0 Å². The van der Waals surface area contributed by atoms with Crippen molar-refractivity contribution in [1.29, 1.82) is 0 Å². The molecular weight excluding hydrogens is 254 g/mol. The Morgan fingerprint density at radius 1 is 1.44 bits per heavy atom. The number of fused-ring (bicyclic) bond motifs is 1. The summed E-state index contributed by atoms with van der Waals surface area (Å²) >= 11 is 0. The van der Waals surface area contributed by atoms with Crippen molar-refractivity contribution in [2.24, 2.45) is 5.92 Å². The molecule has 0 radical (unpaired) electrons. The maximum atomic E-state index is 12.1. The highest BCUT2D eigenvalue weighted by molar-refractivity contribution is 7.91. The quantitative estimate of drug-likeness (QED) is 0.778. The fraction of sp³-hybridized carbons (Fsp3) is 0.417. The molecule has 1 aromatic carbocycles. The van der Waals surface area contributed by atoms with Crippen LogP contribution in [-0.4, -0.2) is 33.8 Å². The van der Waals surface area contributed by atoms with Gasteiger partial charge in [0.05, 0.1) is 29.0 Å². The Bertz CT molecular complexity index is 580. The lowest BCUT2D eigenvalue weighted by molar-refractivity contribution is 0.0600. The van der Waals surface area contributed by atoms with E-state index in [9.17, 15) is 13.2 Å². The molecule has 1 heterocycles. The number of methoxy groups -OCH3 is 1. The van der Waals surface area contributed by atoms with Crippen LogP contribution in [0, 0.1) is 5.92 Å². The molecule has 1 aliphatic heterocycles. The van der Waals surface area contributed by atoms with Gasteiger partial charge in [0, 0.05) is 6.54 Å². The number of sulfone groups is 1. The minimum absolute atomic E-state index is 0.0315. The molecule has 18 heavy (non-hydrogen) atoms. The molecular formula is C12H15NO4S. The summed E-state index contributed by atoms with van der Waals surface area (Å²) in [5, 5.41) is 3.06. The van der Waals surface area contributed by atoms with E-state index in [1.165, 1.54) is 25.3 Å². The molecule has 0 saturated heterocycles. The zero-order chi connectivity index (χ0) is 13.3. The van der Waals surface area contributed by atoms with Crippen molar-refractivity contribution < 1.29 is 17.9 Å². The van der Waals surface area contributed by atoms with E-state index in [4.69, 9.17) is 0 Å². The van der Waals surface area contributed by atoms with Gasteiger partial charge in [0.15, 0.2) is 9.84 Å². The van der Waals surface area contributed by atoms with E-state index in [-0.39, 0.29) is 16.6 Å². The van der Waals surface area contributed by atoms with Crippen molar-refractivity contribution in [1.82, 2.24) is 0 Å². The van der Waals surface area contributed by atoms with Crippen molar-refractivity contribution in [2.45, 2.75) is 11.8 Å². The molecule has 6 heteroatoms. The zero-order valence-corrected chi connectivity index (χ0v) is 11.1. The fourth-order valence-corrected chi connectivity index (χ4v) is 3.78. The van der Waals surface area contributed by atoms with E-state index in [1.807, 2.05) is 6.92 Å². The number of rotatable bonds is 1. The van der Waals surface area contributed by atoms with Crippen LogP contribution in [0.4, 0.5) is 5.69 Å². The van der Waals surface area contributed by atoms with Crippen molar-refractivity contribution in [3.8, 4) is 0 Å². The molecule has 1 atom stereocenters. The summed E-state index contributed by atoms with van der Waals surface area (Å²) < 4.78 is 28.8. The Morgan fingerprint density at radius 3 is 2.83 bits per heavy atom. The lowest BCUT2D eigenvalue weighted by atomic mass is 10.2. The van der Waals surface area contributed by atoms with Crippen LogP contribution in [-0.2, 0) is 14.6 Å². The normalized spacial score (nSPS) is 21.3. The smallest absolute Gasteiger partial charge is 0.337 e. The van der Waals surface area contributed by atoms with Gasteiger partial charge in [-0.25, -0.2) is 13.2 Å². The number of anilines is 1. The number of hydrogen-bond donors (Lipinski definition) is 1. The predicted octanol–water partition coefficient (Wildman–Crippen LogP) is 1.31. The first-order chi connectivity index (χ1) is 8.44. The van der Waals surface area contributed by atoms with Crippen molar-refractivity contribution >= 4 is 21.5 Å². The summed E-state index contributed by atoms with van der Waals surface area (Å²) in [6.07, 6.45) is 0. The molecule has 5 nitrogen and oxygen atoms in total. The first kappa shape index (κ1) is 12.9. The number of benzene rings is 1. The predicted molar refractivity (Wildman–Crippen MR) is 67.5 cm³/mol. The average molecular weight is 269 g/mol. The van der Waals surface area contributed by atoms with Crippen LogP contribution < -0.4 is 5.32 Å². The standard InChI is InChI=1S/C12H15NO4S/c1-8-6-13-10-5-9(12(14)17-2)3-4-11(10)18(15,16)7-8/h3-5,8,13H,6-7H2,1-2H3. The lowest BCUT2D eigenvalue weighted by Gasteiger charge is -2.08. The molecule has 0 bridgehead atoms. The molecule has 0 spiro atoms. The zero-order valence-electron chi connectivity index (χ0n) is 10.3. The van der Waals surface area contributed by atoms with Gasteiger partial charge in [-0.1, -0.05) is 6.92 Å². The number of nitrogens with one attached hydrogen (secondary N) is 1. The van der Waals surface area contributed by atoms with E-state index in [0.29, 0.717) is 17.8 Å². The van der Waals surface area contributed by atoms with Crippen LogP contribution in [0.15, 0.2) is 23.1 Å². The highest BCUT2D eigenvalue weighted by atomic mass is 32.2. The van der Waals surface area contributed by atoms with Gasteiger partial charge in [-0.05, 0) is 24.1 Å². The highest BCUT2D eigenvalue weighted by Gasteiger charge is 2.26. The van der Waals surface area contributed by atoms with Crippen molar-refractivity contribution in [3.05, 3.63) is 23.8 Å². The molecule has 0 amide bonds. The Morgan fingerprint density at radius 2 is 2.17 bits per heavy atom. The van der Waals surface area contributed by atoms with E-state index in [2.05, 4.69) is 10.1 Å². The van der Waals surface area contributed by atoms with Gasteiger partial charge in [0.2, 0.25) is 0 Å². The Hall–Kier alpha value is -1.56. The topological polar surface area (TPSA) is 72.5 Å². The van der Waals surface area contributed by atoms with Crippen LogP contribution in [0.2, 0.25) is 0 Å². The Labute approximate surface area is 106 Å². The number of esters is 1. The maximum absolute atomic E-state index is 12.1. The minimum Gasteiger partial charge on any atom is -0.465 e. The van der Waals surface area contributed by atoms with Gasteiger partial charge in [-0.2, -0.15) is 0 Å². The van der Waals surface area contributed by atoms with Gasteiger partial charge in [-0.3, -0.25) is 0 Å². The molecule has 2 rings (SSSR count). The molecule has 0 fully saturated rings. The SMILES string of the molecule is COC(=O)c1ccc2c(c1)NCC(C)CS2(=O)=O. The molecule has 0 aliphatic carbocycles. The summed E-state index contributed by atoms with van der Waals surface area (Å²) in [4.78, 5) is 11.7. The van der Waals surface area contributed by atoms with Gasteiger partial charge >= 0.3 is 5.97 Å². The second-order valence-corrected chi connectivity index (χ2v) is 6.47. The summed E-state index contributed by atoms with van der Waals surface area (Å²) in [5.74, 6) is -0.330. The maximum Gasteiger partial charge on any atom is 0.337 e. The van der Waals surface area contributed by atoms with Crippen molar-refractivity contribution in [2.75, 3.05) is 24.7 Å². The van der Waals surface area contributed by atoms with Crippen molar-refractivity contribution in [3.63, 3.8) is 0 Å². The molecule has 0 saturated carbocycles. The van der Waals surface area contributed by atoms with E-state index in [1.54, 1.807) is 0 Å². The molecule has 98 valence electrons. The summed E-state index contributed by atoms with van der Waals surface area (Å²) in [6.45, 7) is 2.44. The summed E-state index contributed by atoms with van der Waals surface area (Å²) in [6, 6.07) is 4.46. The molecule has 1 aliphatic rings. The molecule has 1 N–H and O–H groups in total. The summed E-state index contributed by atoms with van der Waals surface area (Å²) in [5.41, 5.74) is 0.816. The Balaban J connectivity index is 2.51. The van der Waals surface area contributed by atoms with Gasteiger partial charge in [0.1, 0.15) is 0 Å². The third-order valence-corrected chi connectivity index (χ3v) is 4.91. The van der Waals surface area contributed by atoms with Gasteiger partial charge < -0.3 is 10.1 Å². The van der Waals surface area contributed by atoms with E-state index >= 15 is 0 Å². The number of carbonyl (C=O) groups excluding carboxylic acids is 1. The monoisotopic (exact) mass is 269 g/mol. The lowest BCUT2D eigenvalue weighted by Crippen LogP contribution is -2.15. The molecule has 1 unspecified atom stereocenters. The average Bonchev–Trinajstić information content (AvgIpc) is 2.44. The van der Waals surface area contributed by atoms with Gasteiger partial charge in [0.25, 0.3) is 0 Å². The highest BCUT2D eigenvalue weighted by Crippen LogP contribution is 2.28. The van der Waals surface area contributed by atoms with Gasteiger partial charge in [-0.15, -0.1) is 0 Å². The molecule has 1 aromatic rings. The second kappa shape index (κ2) is 4.61. The van der Waals surface area contributed by atoms with Crippen LogP contribution in [0.3, 0.4) is 0 Å². The molecule has 0 aromatic heterocycles. The van der Waals surface area contributed by atoms with E-state index < -0.39 is 15.8 Å². The number of ether oxygens (including phenoxy) is 1. The van der Waals surface area contributed by atoms with Crippen LogP contribution in [0.25, 0.3) is 0 Å². The van der Waals surface area contributed by atoms with E-state index in [0.717, 1.165) is 0 Å². The number of carbonyl (C=O) groups is 1. The first-order valence-corrected chi connectivity index (χ1v) is 7.28. The summed E-state index contributed by atoms with van der Waals surface area (Å²) in [7, 11) is -2.00.